The van der Waals surface area contributed by atoms with Crippen molar-refractivity contribution in [3.05, 3.63) is 176 Å². The predicted molar refractivity (Wildman–Crippen MR) is 203 cm³/mol. The monoisotopic (exact) mass is 627 g/mol. The fraction of sp³-hybridized carbons (Fsp3) is 0. The SMILES string of the molecule is c1ccc(-c2ccc(N(c3ccc4c5ccccc5n(-c5ccccc5)c4c3)c3cncc4oc5c6ccccc6ccc5c34)cc2)cc1. The van der Waals surface area contributed by atoms with Crippen LogP contribution in [-0.2, 0) is 0 Å². The highest BCUT2D eigenvalue weighted by atomic mass is 16.3. The third-order valence-corrected chi connectivity index (χ3v) is 9.66. The Balaban J connectivity index is 1.25. The van der Waals surface area contributed by atoms with Crippen LogP contribution in [0.3, 0.4) is 0 Å². The Morgan fingerprint density at radius 1 is 0.490 bits per heavy atom. The molecule has 0 amide bonds. The molecule has 7 aromatic carbocycles. The Kier molecular flexibility index (Phi) is 6.15. The van der Waals surface area contributed by atoms with Gasteiger partial charge < -0.3 is 13.9 Å². The van der Waals surface area contributed by atoms with Crippen LogP contribution >= 0.6 is 0 Å². The van der Waals surface area contributed by atoms with Gasteiger partial charge in [0.05, 0.1) is 34.5 Å². The lowest BCUT2D eigenvalue weighted by molar-refractivity contribution is 0.670. The molecule has 3 heterocycles. The van der Waals surface area contributed by atoms with E-state index < -0.39 is 0 Å². The molecule has 3 aromatic heterocycles. The number of fused-ring (bicyclic) bond motifs is 8. The van der Waals surface area contributed by atoms with Crippen molar-refractivity contribution in [2.24, 2.45) is 0 Å². The molecule has 0 unspecified atom stereocenters. The molecule has 4 nitrogen and oxygen atoms in total. The van der Waals surface area contributed by atoms with Crippen molar-refractivity contribution in [2.45, 2.75) is 0 Å². The van der Waals surface area contributed by atoms with Crippen LogP contribution in [0.25, 0.3) is 71.3 Å². The zero-order valence-corrected chi connectivity index (χ0v) is 26.5. The van der Waals surface area contributed by atoms with Gasteiger partial charge in [0.25, 0.3) is 0 Å². The lowest BCUT2D eigenvalue weighted by atomic mass is 10.0. The zero-order valence-electron chi connectivity index (χ0n) is 26.5. The van der Waals surface area contributed by atoms with E-state index in [-0.39, 0.29) is 0 Å². The van der Waals surface area contributed by atoms with Crippen molar-refractivity contribution >= 4 is 71.6 Å². The Labute approximate surface area is 282 Å². The van der Waals surface area contributed by atoms with Gasteiger partial charge in [0.2, 0.25) is 0 Å². The topological polar surface area (TPSA) is 34.2 Å². The summed E-state index contributed by atoms with van der Waals surface area (Å²) < 4.78 is 8.96. The van der Waals surface area contributed by atoms with E-state index in [4.69, 9.17) is 9.40 Å². The maximum absolute atomic E-state index is 6.60. The summed E-state index contributed by atoms with van der Waals surface area (Å²) in [5.74, 6) is 0. The number of para-hydroxylation sites is 2. The van der Waals surface area contributed by atoms with Crippen molar-refractivity contribution in [2.75, 3.05) is 4.90 Å². The second-order valence-corrected chi connectivity index (χ2v) is 12.4. The summed E-state index contributed by atoms with van der Waals surface area (Å²) in [5, 5.41) is 6.77. The Bertz CT molecular complexity index is 2820. The highest BCUT2D eigenvalue weighted by Crippen LogP contribution is 2.45. The predicted octanol–water partition coefficient (Wildman–Crippen LogP) is 12.4. The van der Waals surface area contributed by atoms with Crippen LogP contribution in [0.5, 0.6) is 0 Å². The summed E-state index contributed by atoms with van der Waals surface area (Å²) in [7, 11) is 0. The second kappa shape index (κ2) is 11.0. The van der Waals surface area contributed by atoms with E-state index in [0.717, 1.165) is 61.0 Å². The molecule has 0 bridgehead atoms. The highest BCUT2D eigenvalue weighted by Gasteiger charge is 2.22. The van der Waals surface area contributed by atoms with Crippen LogP contribution in [0.4, 0.5) is 17.1 Å². The molecule has 0 saturated carbocycles. The van der Waals surface area contributed by atoms with E-state index in [1.807, 2.05) is 12.4 Å². The maximum Gasteiger partial charge on any atom is 0.155 e. The number of furan rings is 1. The molecule has 230 valence electrons. The molecule has 49 heavy (non-hydrogen) atoms. The van der Waals surface area contributed by atoms with E-state index in [1.165, 1.54) is 27.4 Å². The van der Waals surface area contributed by atoms with Gasteiger partial charge in [-0.2, -0.15) is 0 Å². The van der Waals surface area contributed by atoms with Gasteiger partial charge in [-0.15, -0.1) is 0 Å². The van der Waals surface area contributed by atoms with Crippen molar-refractivity contribution in [3.63, 3.8) is 0 Å². The van der Waals surface area contributed by atoms with Crippen molar-refractivity contribution < 1.29 is 4.42 Å². The molecular formula is C45H29N3O. The van der Waals surface area contributed by atoms with Crippen molar-refractivity contribution in [3.8, 4) is 16.8 Å². The van der Waals surface area contributed by atoms with E-state index in [9.17, 15) is 0 Å². The van der Waals surface area contributed by atoms with Gasteiger partial charge in [-0.1, -0.05) is 115 Å². The summed E-state index contributed by atoms with van der Waals surface area (Å²) in [6, 6.07) is 58.1. The molecular weight excluding hydrogens is 599 g/mol. The van der Waals surface area contributed by atoms with Crippen molar-refractivity contribution in [1.82, 2.24) is 9.55 Å². The van der Waals surface area contributed by atoms with E-state index in [0.29, 0.717) is 0 Å². The van der Waals surface area contributed by atoms with Gasteiger partial charge in [0.1, 0.15) is 5.58 Å². The fourth-order valence-electron chi connectivity index (χ4n) is 7.42. The number of benzene rings is 7. The van der Waals surface area contributed by atoms with Gasteiger partial charge in [-0.3, -0.25) is 4.98 Å². The number of anilines is 3. The molecule has 0 saturated heterocycles. The van der Waals surface area contributed by atoms with Crippen LogP contribution in [0, 0.1) is 0 Å². The number of aromatic nitrogens is 2. The maximum atomic E-state index is 6.60. The smallest absolute Gasteiger partial charge is 0.155 e. The molecule has 0 atom stereocenters. The summed E-state index contributed by atoms with van der Waals surface area (Å²) in [6.07, 6.45) is 3.80. The molecule has 0 aliphatic rings. The molecule has 0 aliphatic heterocycles. The number of rotatable bonds is 5. The Morgan fingerprint density at radius 3 is 1.98 bits per heavy atom. The van der Waals surface area contributed by atoms with E-state index >= 15 is 0 Å². The second-order valence-electron chi connectivity index (χ2n) is 12.4. The minimum Gasteiger partial charge on any atom is -0.454 e. The fourth-order valence-corrected chi connectivity index (χ4v) is 7.42. The van der Waals surface area contributed by atoms with Crippen LogP contribution < -0.4 is 4.90 Å². The standard InChI is InChI=1S/C45H29N3O/c1-3-11-30(12-4-1)31-19-22-34(23-20-31)47(42-28-46-29-43-44(42)39-25-21-32-13-7-8-16-36(32)45(39)49-43)35-24-26-38-37-17-9-10-18-40(37)48(41(38)27-35)33-14-5-2-6-15-33/h1-29H. The first-order valence-electron chi connectivity index (χ1n) is 16.5. The van der Waals surface area contributed by atoms with Crippen LogP contribution in [0.1, 0.15) is 0 Å². The lowest BCUT2D eigenvalue weighted by Gasteiger charge is -2.26. The third kappa shape index (κ3) is 4.35. The summed E-state index contributed by atoms with van der Waals surface area (Å²) >= 11 is 0. The minimum absolute atomic E-state index is 0.759. The molecule has 10 aromatic rings. The van der Waals surface area contributed by atoms with Gasteiger partial charge >= 0.3 is 0 Å². The van der Waals surface area contributed by atoms with Crippen molar-refractivity contribution in [1.29, 1.82) is 0 Å². The first kappa shape index (κ1) is 27.5. The summed E-state index contributed by atoms with van der Waals surface area (Å²) in [6.45, 7) is 0. The zero-order chi connectivity index (χ0) is 32.3. The average Bonchev–Trinajstić information content (AvgIpc) is 3.72. The van der Waals surface area contributed by atoms with Gasteiger partial charge in [0, 0.05) is 38.6 Å². The molecule has 0 fully saturated rings. The summed E-state index contributed by atoms with van der Waals surface area (Å²) in [5.41, 5.74) is 10.5. The molecule has 10 rings (SSSR count). The minimum atomic E-state index is 0.759. The van der Waals surface area contributed by atoms with E-state index in [1.54, 1.807) is 0 Å². The Morgan fingerprint density at radius 2 is 1.14 bits per heavy atom. The molecule has 0 aliphatic carbocycles. The van der Waals surface area contributed by atoms with Gasteiger partial charge in [-0.25, -0.2) is 0 Å². The highest BCUT2D eigenvalue weighted by molar-refractivity contribution is 6.19. The molecule has 0 radical (unpaired) electrons. The first-order valence-corrected chi connectivity index (χ1v) is 16.5. The number of pyridine rings is 1. The van der Waals surface area contributed by atoms with Crippen LogP contribution in [-0.4, -0.2) is 9.55 Å². The lowest BCUT2D eigenvalue weighted by Crippen LogP contribution is -2.11. The van der Waals surface area contributed by atoms with E-state index in [2.05, 4.69) is 173 Å². The number of hydrogen-bond acceptors (Lipinski definition) is 3. The molecule has 0 N–H and O–H groups in total. The first-order chi connectivity index (χ1) is 24.3. The summed E-state index contributed by atoms with van der Waals surface area (Å²) in [4.78, 5) is 7.07. The van der Waals surface area contributed by atoms with Crippen LogP contribution in [0.2, 0.25) is 0 Å². The largest absolute Gasteiger partial charge is 0.454 e. The molecule has 4 heteroatoms. The molecule has 0 spiro atoms. The quantitative estimate of drug-likeness (QED) is 0.190. The normalized spacial score (nSPS) is 11.7. The number of nitrogens with zero attached hydrogens (tertiary/aromatic N) is 3. The van der Waals surface area contributed by atoms with Crippen LogP contribution in [0.15, 0.2) is 181 Å². The third-order valence-electron chi connectivity index (χ3n) is 9.66. The van der Waals surface area contributed by atoms with Gasteiger partial charge in [0.15, 0.2) is 5.58 Å². The van der Waals surface area contributed by atoms with Gasteiger partial charge in [-0.05, 0) is 65.0 Å². The average molecular weight is 628 g/mol. The number of hydrogen-bond donors (Lipinski definition) is 0. The Hall–Kier alpha value is -6.65.